The quantitative estimate of drug-likeness (QED) is 0.322. The van der Waals surface area contributed by atoms with Crippen LogP contribution in [0.4, 0.5) is 0 Å². The third-order valence-corrected chi connectivity index (χ3v) is 5.34. The van der Waals surface area contributed by atoms with Gasteiger partial charge in [-0.3, -0.25) is 0 Å². The number of rotatable bonds is 4. The Morgan fingerprint density at radius 2 is 1.34 bits per heavy atom. The van der Waals surface area contributed by atoms with Crippen LogP contribution in [0.3, 0.4) is 0 Å². The predicted molar refractivity (Wildman–Crippen MR) is 123 cm³/mol. The van der Waals surface area contributed by atoms with Crippen molar-refractivity contribution in [2.75, 3.05) is 0 Å². The molecule has 0 aliphatic rings. The summed E-state index contributed by atoms with van der Waals surface area (Å²) < 4.78 is 5.79. The minimum Gasteiger partial charge on any atom is -0.423 e. The van der Waals surface area contributed by atoms with Crippen LogP contribution in [0.2, 0.25) is 0 Å². The second-order valence-electron chi connectivity index (χ2n) is 10.2. The van der Waals surface area contributed by atoms with Crippen LogP contribution in [-0.4, -0.2) is 5.97 Å². The molecule has 156 valence electrons. The Hall–Kier alpha value is -2.35. The van der Waals surface area contributed by atoms with Crippen LogP contribution in [0.5, 0.6) is 5.75 Å². The molecule has 2 rings (SSSR count). The molecule has 0 heterocycles. The summed E-state index contributed by atoms with van der Waals surface area (Å²) in [6.45, 7) is 23.2. The first kappa shape index (κ1) is 22.9. The topological polar surface area (TPSA) is 26.3 Å². The van der Waals surface area contributed by atoms with E-state index in [2.05, 4.69) is 93.2 Å². The molecule has 0 saturated carbocycles. The zero-order chi connectivity index (χ0) is 22.1. The van der Waals surface area contributed by atoms with Gasteiger partial charge in [-0.05, 0) is 53.9 Å². The van der Waals surface area contributed by atoms with E-state index >= 15 is 0 Å². The van der Waals surface area contributed by atoms with E-state index in [4.69, 9.17) is 4.74 Å². The molecule has 0 aliphatic heterocycles. The maximum atomic E-state index is 12.1. The monoisotopic (exact) mass is 392 g/mol. The SMILES string of the molecule is C=CC(=O)Oc1c(Cc2cc(C)cc(C(C)(C)C)c2C)cc(C)cc1C(C)(C)C. The van der Waals surface area contributed by atoms with Crippen molar-refractivity contribution < 1.29 is 9.53 Å². The number of ether oxygens (including phenoxy) is 1. The molecule has 2 heteroatoms. The largest absolute Gasteiger partial charge is 0.423 e. The first-order chi connectivity index (χ1) is 13.2. The molecule has 0 fully saturated rings. The zero-order valence-electron chi connectivity index (χ0n) is 19.6. The summed E-state index contributed by atoms with van der Waals surface area (Å²) in [5, 5.41) is 0. The molecule has 0 aliphatic carbocycles. The van der Waals surface area contributed by atoms with Crippen LogP contribution >= 0.6 is 0 Å². The van der Waals surface area contributed by atoms with Gasteiger partial charge in [0, 0.05) is 18.1 Å². The predicted octanol–water partition coefficient (Wildman–Crippen LogP) is 6.89. The van der Waals surface area contributed by atoms with Gasteiger partial charge in [0.25, 0.3) is 0 Å². The van der Waals surface area contributed by atoms with Crippen molar-refractivity contribution in [3.63, 3.8) is 0 Å². The average molecular weight is 393 g/mol. The smallest absolute Gasteiger partial charge is 0.335 e. The van der Waals surface area contributed by atoms with Crippen LogP contribution in [-0.2, 0) is 22.0 Å². The van der Waals surface area contributed by atoms with Gasteiger partial charge in [0.05, 0.1) is 0 Å². The highest BCUT2D eigenvalue weighted by atomic mass is 16.5. The van der Waals surface area contributed by atoms with Crippen LogP contribution in [0.15, 0.2) is 36.9 Å². The summed E-state index contributed by atoms with van der Waals surface area (Å²) in [7, 11) is 0. The molecule has 0 amide bonds. The van der Waals surface area contributed by atoms with Crippen molar-refractivity contribution in [2.45, 2.75) is 79.6 Å². The van der Waals surface area contributed by atoms with Gasteiger partial charge in [0.2, 0.25) is 0 Å². The molecule has 0 bridgehead atoms. The van der Waals surface area contributed by atoms with E-state index in [0.717, 1.165) is 17.5 Å². The highest BCUT2D eigenvalue weighted by Crippen LogP contribution is 2.38. The number of esters is 1. The van der Waals surface area contributed by atoms with Crippen LogP contribution in [0.1, 0.15) is 80.5 Å². The molecule has 0 spiro atoms. The van der Waals surface area contributed by atoms with Gasteiger partial charge in [-0.25, -0.2) is 4.79 Å². The van der Waals surface area contributed by atoms with E-state index in [9.17, 15) is 4.79 Å². The van der Waals surface area contributed by atoms with E-state index in [1.54, 1.807) is 0 Å². The van der Waals surface area contributed by atoms with Crippen molar-refractivity contribution in [2.24, 2.45) is 0 Å². The second-order valence-corrected chi connectivity index (χ2v) is 10.2. The summed E-state index contributed by atoms with van der Waals surface area (Å²) in [4.78, 5) is 12.1. The third-order valence-electron chi connectivity index (χ3n) is 5.34. The molecule has 0 radical (unpaired) electrons. The van der Waals surface area contributed by atoms with Gasteiger partial charge < -0.3 is 4.74 Å². The summed E-state index contributed by atoms with van der Waals surface area (Å²) in [5.74, 6) is 0.253. The zero-order valence-corrected chi connectivity index (χ0v) is 19.6. The first-order valence-corrected chi connectivity index (χ1v) is 10.3. The molecule has 0 saturated heterocycles. The summed E-state index contributed by atoms with van der Waals surface area (Å²) in [6, 6.07) is 8.80. The molecule has 29 heavy (non-hydrogen) atoms. The Morgan fingerprint density at radius 1 is 0.862 bits per heavy atom. The minimum atomic E-state index is -0.419. The van der Waals surface area contributed by atoms with E-state index < -0.39 is 5.97 Å². The Bertz CT molecular complexity index is 934. The Labute approximate surface area is 177 Å². The van der Waals surface area contributed by atoms with Gasteiger partial charge >= 0.3 is 5.97 Å². The fourth-order valence-electron chi connectivity index (χ4n) is 3.90. The van der Waals surface area contributed by atoms with Crippen LogP contribution in [0.25, 0.3) is 0 Å². The molecule has 0 aromatic heterocycles. The average Bonchev–Trinajstić information content (AvgIpc) is 2.57. The molecule has 2 aromatic carbocycles. The normalized spacial score (nSPS) is 12.0. The standard InChI is InChI=1S/C27H36O2/c1-11-24(28)29-25-21(13-18(3)15-23(25)27(8,9)10)16-20-12-17(2)14-22(19(20)4)26(5,6)7/h11-15H,1,16H2,2-10H3. The van der Waals surface area contributed by atoms with Gasteiger partial charge in [-0.1, -0.05) is 83.5 Å². The Morgan fingerprint density at radius 3 is 1.83 bits per heavy atom. The molecule has 0 unspecified atom stereocenters. The second kappa shape index (κ2) is 8.18. The highest BCUT2D eigenvalue weighted by molar-refractivity contribution is 5.84. The molecule has 0 atom stereocenters. The van der Waals surface area contributed by atoms with Gasteiger partial charge in [-0.15, -0.1) is 0 Å². The van der Waals surface area contributed by atoms with E-state index in [1.807, 2.05) is 0 Å². The van der Waals surface area contributed by atoms with Crippen LogP contribution in [0, 0.1) is 20.8 Å². The Kier molecular flexibility index (Phi) is 6.47. The maximum Gasteiger partial charge on any atom is 0.335 e. The third kappa shape index (κ3) is 5.38. The van der Waals surface area contributed by atoms with Crippen molar-refractivity contribution in [3.8, 4) is 5.75 Å². The molecule has 2 nitrogen and oxygen atoms in total. The van der Waals surface area contributed by atoms with Crippen molar-refractivity contribution in [3.05, 3.63) is 75.9 Å². The van der Waals surface area contributed by atoms with Crippen LogP contribution < -0.4 is 4.74 Å². The van der Waals surface area contributed by atoms with E-state index in [1.165, 1.54) is 33.9 Å². The van der Waals surface area contributed by atoms with Crippen molar-refractivity contribution in [1.29, 1.82) is 0 Å². The minimum absolute atomic E-state index is 0.0756. The Balaban J connectivity index is 2.70. The lowest BCUT2D eigenvalue weighted by Crippen LogP contribution is -2.18. The lowest BCUT2D eigenvalue weighted by atomic mass is 9.79. The maximum absolute atomic E-state index is 12.1. The number of benzene rings is 2. The fourth-order valence-corrected chi connectivity index (χ4v) is 3.90. The first-order valence-electron chi connectivity index (χ1n) is 10.3. The molecular weight excluding hydrogens is 356 g/mol. The van der Waals surface area contributed by atoms with Gasteiger partial charge in [-0.2, -0.15) is 0 Å². The summed E-state index contributed by atoms with van der Waals surface area (Å²) in [6.07, 6.45) is 1.95. The lowest BCUT2D eigenvalue weighted by Gasteiger charge is -2.27. The summed E-state index contributed by atoms with van der Waals surface area (Å²) >= 11 is 0. The number of carbonyl (C=O) groups excluding carboxylic acids is 1. The number of hydrogen-bond acceptors (Lipinski definition) is 2. The molecular formula is C27H36O2. The lowest BCUT2D eigenvalue weighted by molar-refractivity contribution is -0.129. The molecule has 2 aromatic rings. The number of hydrogen-bond donors (Lipinski definition) is 0. The highest BCUT2D eigenvalue weighted by Gasteiger charge is 2.25. The number of aryl methyl sites for hydroxylation is 2. The van der Waals surface area contributed by atoms with E-state index in [0.29, 0.717) is 5.75 Å². The van der Waals surface area contributed by atoms with E-state index in [-0.39, 0.29) is 10.8 Å². The van der Waals surface area contributed by atoms with Crippen molar-refractivity contribution in [1.82, 2.24) is 0 Å². The summed E-state index contributed by atoms with van der Waals surface area (Å²) in [5.41, 5.74) is 8.39. The molecule has 0 N–H and O–H groups in total. The van der Waals surface area contributed by atoms with Crippen molar-refractivity contribution >= 4 is 5.97 Å². The fraction of sp³-hybridized carbons (Fsp3) is 0.444. The van der Waals surface area contributed by atoms with Gasteiger partial charge in [0.15, 0.2) is 0 Å². The number of carbonyl (C=O) groups is 1. The van der Waals surface area contributed by atoms with Gasteiger partial charge in [0.1, 0.15) is 5.75 Å².